The third-order valence-corrected chi connectivity index (χ3v) is 5.10. The Bertz CT molecular complexity index is 911. The fourth-order valence-corrected chi connectivity index (χ4v) is 3.51. The summed E-state index contributed by atoms with van der Waals surface area (Å²) < 4.78 is 42.8. The van der Waals surface area contributed by atoms with Crippen molar-refractivity contribution in [2.24, 2.45) is 0 Å². The third kappa shape index (κ3) is 11.3. The number of aliphatic hydroxyl groups is 1. The van der Waals surface area contributed by atoms with Gasteiger partial charge in [-0.15, -0.1) is 0 Å². The first-order chi connectivity index (χ1) is 15.1. The zero-order chi connectivity index (χ0) is 23.6. The molecule has 0 bridgehead atoms. The molecular weight excluding hydrogens is 470 g/mol. The van der Waals surface area contributed by atoms with Gasteiger partial charge in [0.1, 0.15) is 0 Å². The molecule has 0 spiro atoms. The molecule has 183 valence electrons. The van der Waals surface area contributed by atoms with E-state index >= 15 is 0 Å². The summed E-state index contributed by atoms with van der Waals surface area (Å²) in [5.41, 5.74) is 2.07. The van der Waals surface area contributed by atoms with Crippen LogP contribution in [-0.4, -0.2) is 69.4 Å². The number of rotatable bonds is 2. The van der Waals surface area contributed by atoms with Crippen LogP contribution >= 0.6 is 0 Å². The first kappa shape index (κ1) is 33.2. The molecule has 3 radical (unpaired) electrons. The molecule has 0 aromatic heterocycles. The normalized spacial score (nSPS) is 26.2. The van der Waals surface area contributed by atoms with Gasteiger partial charge in [0.05, 0.1) is 25.4 Å². The summed E-state index contributed by atoms with van der Waals surface area (Å²) in [5, 5.41) is 16.9. The molecule has 2 aromatic carbocycles. The molecule has 2 aliphatic rings. The molecule has 5 N–H and O–H groups in total. The summed E-state index contributed by atoms with van der Waals surface area (Å²) in [6.07, 6.45) is 0.218. The molecule has 2 aromatic rings. The Kier molecular flexibility index (Phi) is 15.6. The number of hydrogen-bond donors (Lipinski definition) is 5. The molecule has 2 aliphatic heterocycles. The summed E-state index contributed by atoms with van der Waals surface area (Å²) in [5.74, 6) is -1.18. The molecule has 2 heterocycles. The molecule has 0 amide bonds. The minimum atomic E-state index is -4.67. The number of nitrogens with one attached hydrogen (secondary N) is 2. The second-order valence-electron chi connectivity index (χ2n) is 7.48. The third-order valence-electron chi connectivity index (χ3n) is 5.10. The molecule has 9 nitrogen and oxygen atoms in total. The van der Waals surface area contributed by atoms with Gasteiger partial charge in [0.2, 0.25) is 5.79 Å². The van der Waals surface area contributed by atoms with Crippen LogP contribution in [-0.2, 0) is 25.7 Å². The van der Waals surface area contributed by atoms with E-state index in [1.165, 1.54) is 5.56 Å². The fraction of sp³-hybridized carbons (Fsp3) is 0.455. The van der Waals surface area contributed by atoms with E-state index in [-0.39, 0.29) is 51.5 Å². The van der Waals surface area contributed by atoms with Crippen LogP contribution in [0.5, 0.6) is 0 Å². The van der Waals surface area contributed by atoms with E-state index in [0.717, 1.165) is 25.3 Å². The molecule has 4 atom stereocenters. The Morgan fingerprint density at radius 1 is 0.941 bits per heavy atom. The average molecular weight is 503 g/mol. The molecule has 2 saturated heterocycles. The van der Waals surface area contributed by atoms with E-state index in [1.807, 2.05) is 43.3 Å². The standard InChI is InChI=1S/C11H15NO2.C11H15NO.B.Na.H2O4S.H/c1-9-11(13,14-8-7-12-9)10-5-3-2-4-6-10;1-9-11(13-8-7-12-9)10-5-3-2-4-6-10;;;1-5(2,3)4;/h2-6,9,12-13H,7-8H2,1H3;2-6,9,11-12H,7-8H2,1H3;;;(H2,1,2,3,4);/q;;;+1;;-1. The van der Waals surface area contributed by atoms with Crippen molar-refractivity contribution in [2.45, 2.75) is 37.8 Å². The maximum atomic E-state index is 10.3. The zero-order valence-electron chi connectivity index (χ0n) is 20.8. The van der Waals surface area contributed by atoms with Crippen LogP contribution in [0.2, 0.25) is 0 Å². The van der Waals surface area contributed by atoms with Gasteiger partial charge in [0.15, 0.2) is 0 Å². The first-order valence-corrected chi connectivity index (χ1v) is 11.8. The fourth-order valence-electron chi connectivity index (χ4n) is 3.51. The minimum Gasteiger partial charge on any atom is -1.00 e. The maximum absolute atomic E-state index is 10.3. The number of hydrogen-bond acceptors (Lipinski definition) is 7. The van der Waals surface area contributed by atoms with Gasteiger partial charge in [-0.3, -0.25) is 9.11 Å². The van der Waals surface area contributed by atoms with Crippen molar-refractivity contribution in [3.8, 4) is 0 Å². The number of benzene rings is 2. The SMILES string of the molecule is CC1NCCOC1(O)c1ccccc1.CC1NCCOC1c1ccccc1.O=S(=O)(O)O.[B].[H-].[Na+]. The topological polar surface area (TPSA) is 137 Å². The summed E-state index contributed by atoms with van der Waals surface area (Å²) in [4.78, 5) is 0. The van der Waals surface area contributed by atoms with Gasteiger partial charge < -0.3 is 26.6 Å². The second-order valence-corrected chi connectivity index (χ2v) is 8.38. The van der Waals surface area contributed by atoms with Crippen molar-refractivity contribution in [2.75, 3.05) is 26.3 Å². The van der Waals surface area contributed by atoms with Crippen LogP contribution < -0.4 is 40.2 Å². The van der Waals surface area contributed by atoms with Crippen molar-refractivity contribution in [3.63, 3.8) is 0 Å². The van der Waals surface area contributed by atoms with Gasteiger partial charge in [-0.1, -0.05) is 60.7 Å². The van der Waals surface area contributed by atoms with Crippen LogP contribution in [0.15, 0.2) is 60.7 Å². The monoisotopic (exact) mass is 503 g/mol. The summed E-state index contributed by atoms with van der Waals surface area (Å²) >= 11 is 0. The predicted octanol–water partition coefficient (Wildman–Crippen LogP) is -1.34. The van der Waals surface area contributed by atoms with Crippen molar-refractivity contribution < 1.29 is 63.1 Å². The Morgan fingerprint density at radius 2 is 1.44 bits per heavy atom. The quantitative estimate of drug-likeness (QED) is 0.249. The van der Waals surface area contributed by atoms with Gasteiger partial charge in [0.25, 0.3) is 0 Å². The van der Waals surface area contributed by atoms with Crippen molar-refractivity contribution in [1.82, 2.24) is 10.6 Å². The second kappa shape index (κ2) is 16.0. The van der Waals surface area contributed by atoms with E-state index in [0.29, 0.717) is 12.6 Å². The molecule has 2 fully saturated rings. The molecule has 4 unspecified atom stereocenters. The largest absolute Gasteiger partial charge is 1.00 e. The van der Waals surface area contributed by atoms with Gasteiger partial charge >= 0.3 is 40.0 Å². The van der Waals surface area contributed by atoms with Gasteiger partial charge in [-0.25, -0.2) is 0 Å². The molecule has 0 saturated carbocycles. The summed E-state index contributed by atoms with van der Waals surface area (Å²) in [6, 6.07) is 20.2. The summed E-state index contributed by atoms with van der Waals surface area (Å²) in [7, 11) is -4.67. The maximum Gasteiger partial charge on any atom is 1.00 e. The van der Waals surface area contributed by atoms with Crippen LogP contribution in [0, 0.1) is 0 Å². The van der Waals surface area contributed by atoms with Gasteiger partial charge in [0, 0.05) is 33.1 Å². The predicted molar refractivity (Wildman–Crippen MR) is 127 cm³/mol. The summed E-state index contributed by atoms with van der Waals surface area (Å²) in [6.45, 7) is 7.18. The van der Waals surface area contributed by atoms with E-state index in [9.17, 15) is 5.11 Å². The van der Waals surface area contributed by atoms with Gasteiger partial charge in [-0.2, -0.15) is 8.42 Å². The number of ether oxygens (including phenoxy) is 2. The van der Waals surface area contributed by atoms with Crippen molar-refractivity contribution >= 4 is 18.8 Å². The Balaban J connectivity index is 0. The van der Waals surface area contributed by atoms with E-state index < -0.39 is 16.2 Å². The van der Waals surface area contributed by atoms with Crippen LogP contribution in [0.1, 0.15) is 32.5 Å². The smallest absolute Gasteiger partial charge is 1.00 e. The van der Waals surface area contributed by atoms with Crippen LogP contribution in [0.3, 0.4) is 0 Å². The molecule has 34 heavy (non-hydrogen) atoms. The first-order valence-electron chi connectivity index (χ1n) is 10.4. The Labute approximate surface area is 227 Å². The molecular formula is C22H33BN2NaO7S. The Hall–Kier alpha value is -0.825. The van der Waals surface area contributed by atoms with Gasteiger partial charge in [-0.05, 0) is 19.4 Å². The Morgan fingerprint density at radius 3 is 1.94 bits per heavy atom. The zero-order valence-corrected chi connectivity index (χ0v) is 22.6. The molecule has 0 aliphatic carbocycles. The van der Waals surface area contributed by atoms with E-state index in [2.05, 4.69) is 41.8 Å². The van der Waals surface area contributed by atoms with E-state index in [4.69, 9.17) is 27.0 Å². The molecule has 4 rings (SSSR count). The van der Waals surface area contributed by atoms with E-state index in [1.54, 1.807) is 0 Å². The molecule has 12 heteroatoms. The van der Waals surface area contributed by atoms with Crippen molar-refractivity contribution in [1.29, 1.82) is 0 Å². The van der Waals surface area contributed by atoms with Crippen molar-refractivity contribution in [3.05, 3.63) is 71.8 Å². The van der Waals surface area contributed by atoms with Crippen LogP contribution in [0.25, 0.3) is 0 Å². The number of morpholine rings is 2. The average Bonchev–Trinajstić information content (AvgIpc) is 2.77. The van der Waals surface area contributed by atoms with Crippen LogP contribution in [0.4, 0.5) is 0 Å². The minimum absolute atomic E-state index is 0.